The van der Waals surface area contributed by atoms with E-state index >= 15 is 0 Å². The summed E-state index contributed by atoms with van der Waals surface area (Å²) in [5.74, 6) is 1.40. The third kappa shape index (κ3) is 2.71. The van der Waals surface area contributed by atoms with E-state index < -0.39 is 0 Å². The molecule has 152 valence electrons. The minimum atomic E-state index is 0.234. The van der Waals surface area contributed by atoms with Crippen molar-refractivity contribution < 1.29 is 5.11 Å². The number of piperidine rings is 1. The second-order valence-electron chi connectivity index (χ2n) is 10.4. The number of aromatic hydroxyl groups is 1. The molecular weight excluding hydrogens is 354 g/mol. The van der Waals surface area contributed by atoms with Crippen molar-refractivity contribution in [3.8, 4) is 5.75 Å². The highest BCUT2D eigenvalue weighted by molar-refractivity contribution is 5.48. The van der Waals surface area contributed by atoms with Crippen molar-refractivity contribution in [3.63, 3.8) is 0 Å². The van der Waals surface area contributed by atoms with Crippen molar-refractivity contribution in [2.45, 2.75) is 69.2 Å². The maximum absolute atomic E-state index is 10.4. The fraction of sp³-hybridized carbons (Fsp3) is 0.556. The summed E-state index contributed by atoms with van der Waals surface area (Å²) in [4.78, 5) is 2.90. The van der Waals surface area contributed by atoms with Crippen LogP contribution in [0.5, 0.6) is 5.75 Å². The number of fused-ring (bicyclic) bond motifs is 1. The predicted octanol–water partition coefficient (Wildman–Crippen LogP) is 5.47. The van der Waals surface area contributed by atoms with Gasteiger partial charge in [-0.05, 0) is 91.6 Å². The Hall–Kier alpha value is -1.80. The zero-order chi connectivity index (χ0) is 19.5. The van der Waals surface area contributed by atoms with E-state index in [9.17, 15) is 5.11 Å². The second kappa shape index (κ2) is 6.60. The minimum Gasteiger partial charge on any atom is -0.508 e. The molecule has 1 saturated heterocycles. The minimum absolute atomic E-state index is 0.234. The van der Waals surface area contributed by atoms with E-state index in [4.69, 9.17) is 0 Å². The van der Waals surface area contributed by atoms with Crippen LogP contribution in [0.15, 0.2) is 48.5 Å². The Bertz CT molecular complexity index is 904. The number of phenols is 1. The van der Waals surface area contributed by atoms with Crippen LogP contribution in [-0.4, -0.2) is 29.1 Å². The molecule has 1 aliphatic heterocycles. The van der Waals surface area contributed by atoms with E-state index in [0.717, 1.165) is 12.3 Å². The van der Waals surface area contributed by atoms with Crippen LogP contribution in [0, 0.1) is 11.3 Å². The molecule has 4 aliphatic rings. The first kappa shape index (κ1) is 18.0. The summed E-state index contributed by atoms with van der Waals surface area (Å²) in [6.07, 6.45) is 11.8. The number of hydrogen-bond acceptors (Lipinski definition) is 2. The Morgan fingerprint density at radius 1 is 0.966 bits per heavy atom. The molecule has 29 heavy (non-hydrogen) atoms. The first-order chi connectivity index (χ1) is 14.2. The van der Waals surface area contributed by atoms with Crippen LogP contribution in [0.1, 0.15) is 61.6 Å². The van der Waals surface area contributed by atoms with Crippen LogP contribution >= 0.6 is 0 Å². The molecule has 2 saturated carbocycles. The van der Waals surface area contributed by atoms with Gasteiger partial charge in [0.1, 0.15) is 5.75 Å². The third-order valence-electron chi connectivity index (χ3n) is 8.91. The van der Waals surface area contributed by atoms with Gasteiger partial charge in [0.25, 0.3) is 0 Å². The number of nitrogens with zero attached hydrogens (tertiary/aromatic N) is 1. The smallest absolute Gasteiger partial charge is 0.115 e. The highest BCUT2D eigenvalue weighted by atomic mass is 16.3. The number of hydrogen-bond donors (Lipinski definition) is 1. The van der Waals surface area contributed by atoms with Crippen molar-refractivity contribution in [1.29, 1.82) is 0 Å². The number of rotatable bonds is 4. The fourth-order valence-electron chi connectivity index (χ4n) is 7.50. The molecule has 6 rings (SSSR count). The van der Waals surface area contributed by atoms with Crippen LogP contribution in [0.2, 0.25) is 0 Å². The zero-order valence-electron chi connectivity index (χ0n) is 17.4. The van der Waals surface area contributed by atoms with Crippen LogP contribution in [-0.2, 0) is 18.3 Å². The molecule has 3 atom stereocenters. The Labute approximate surface area is 174 Å². The topological polar surface area (TPSA) is 23.5 Å². The molecule has 2 aromatic rings. The highest BCUT2D eigenvalue weighted by Crippen LogP contribution is 2.64. The van der Waals surface area contributed by atoms with Crippen molar-refractivity contribution in [2.24, 2.45) is 11.3 Å². The van der Waals surface area contributed by atoms with Gasteiger partial charge in [-0.25, -0.2) is 0 Å². The van der Waals surface area contributed by atoms with Crippen LogP contribution < -0.4 is 0 Å². The third-order valence-corrected chi connectivity index (χ3v) is 8.91. The maximum atomic E-state index is 10.4. The summed E-state index contributed by atoms with van der Waals surface area (Å²) in [5.41, 5.74) is 5.05. The molecule has 0 aromatic heterocycles. The summed E-state index contributed by atoms with van der Waals surface area (Å²) < 4.78 is 0. The summed E-state index contributed by atoms with van der Waals surface area (Å²) in [7, 11) is 0. The van der Waals surface area contributed by atoms with Crippen LogP contribution in [0.3, 0.4) is 0 Å². The van der Waals surface area contributed by atoms with E-state index in [1.54, 1.807) is 0 Å². The lowest BCUT2D eigenvalue weighted by Crippen LogP contribution is -2.69. The van der Waals surface area contributed by atoms with Crippen LogP contribution in [0.25, 0.3) is 0 Å². The maximum Gasteiger partial charge on any atom is 0.115 e. The second-order valence-corrected chi connectivity index (χ2v) is 10.4. The number of likely N-dealkylation sites (tertiary alicyclic amines) is 1. The SMILES string of the molecule is Oc1ccc2c(c1)C13CCCCC1(Cc1ccccc1)C(C2)N(CC1CC1)CC3. The van der Waals surface area contributed by atoms with Gasteiger partial charge < -0.3 is 5.11 Å². The molecule has 1 N–H and O–H groups in total. The molecule has 2 nitrogen and oxygen atoms in total. The quantitative estimate of drug-likeness (QED) is 0.751. The molecule has 3 unspecified atom stereocenters. The van der Waals surface area contributed by atoms with Crippen LogP contribution in [0.4, 0.5) is 0 Å². The van der Waals surface area contributed by atoms with Gasteiger partial charge in [-0.1, -0.05) is 49.2 Å². The van der Waals surface area contributed by atoms with Gasteiger partial charge in [0.15, 0.2) is 0 Å². The van der Waals surface area contributed by atoms with Gasteiger partial charge in [0.2, 0.25) is 0 Å². The molecule has 0 amide bonds. The molecular formula is C27H33NO. The lowest BCUT2D eigenvalue weighted by molar-refractivity contribution is -0.0967. The standard InChI is InChI=1S/C27H33NO/c29-23-11-10-22-16-25-27(18-20-6-2-1-3-7-20)13-5-4-12-26(27,24(22)17-23)14-15-28(25)19-21-8-9-21/h1-3,6-7,10-11,17,21,25,29H,4-5,8-9,12-16,18-19H2. The molecule has 0 radical (unpaired) electrons. The molecule has 3 aliphatic carbocycles. The predicted molar refractivity (Wildman–Crippen MR) is 117 cm³/mol. The van der Waals surface area contributed by atoms with Crippen molar-refractivity contribution in [1.82, 2.24) is 4.90 Å². The lowest BCUT2D eigenvalue weighted by atomic mass is 9.42. The van der Waals surface area contributed by atoms with Crippen molar-refractivity contribution in [2.75, 3.05) is 13.1 Å². The van der Waals surface area contributed by atoms with E-state index in [1.165, 1.54) is 81.1 Å². The number of benzene rings is 2. The molecule has 3 fully saturated rings. The Balaban J connectivity index is 1.52. The van der Waals surface area contributed by atoms with E-state index in [-0.39, 0.29) is 5.41 Å². The average Bonchev–Trinajstić information content (AvgIpc) is 3.55. The zero-order valence-corrected chi connectivity index (χ0v) is 17.4. The van der Waals surface area contributed by atoms with Gasteiger partial charge in [-0.2, -0.15) is 0 Å². The van der Waals surface area contributed by atoms with E-state index in [1.807, 2.05) is 6.07 Å². The average molecular weight is 388 g/mol. The Morgan fingerprint density at radius 3 is 2.62 bits per heavy atom. The van der Waals surface area contributed by atoms with Crippen molar-refractivity contribution >= 4 is 0 Å². The van der Waals surface area contributed by atoms with E-state index in [0.29, 0.717) is 17.2 Å². The molecule has 0 spiro atoms. The largest absolute Gasteiger partial charge is 0.508 e. The summed E-state index contributed by atoms with van der Waals surface area (Å²) >= 11 is 0. The molecule has 1 heterocycles. The van der Waals surface area contributed by atoms with Gasteiger partial charge in [0, 0.05) is 18.0 Å². The van der Waals surface area contributed by atoms with Gasteiger partial charge >= 0.3 is 0 Å². The fourth-order valence-corrected chi connectivity index (χ4v) is 7.50. The monoisotopic (exact) mass is 387 g/mol. The van der Waals surface area contributed by atoms with Gasteiger partial charge in [-0.3, -0.25) is 4.90 Å². The molecule has 2 heteroatoms. The first-order valence-electron chi connectivity index (χ1n) is 11.8. The lowest BCUT2D eigenvalue weighted by Gasteiger charge is -2.67. The summed E-state index contributed by atoms with van der Waals surface area (Å²) in [5, 5.41) is 10.4. The van der Waals surface area contributed by atoms with E-state index in [2.05, 4.69) is 47.4 Å². The summed E-state index contributed by atoms with van der Waals surface area (Å²) in [6.45, 7) is 2.55. The van der Waals surface area contributed by atoms with Gasteiger partial charge in [-0.15, -0.1) is 0 Å². The normalized spacial score (nSPS) is 33.7. The Morgan fingerprint density at radius 2 is 1.79 bits per heavy atom. The van der Waals surface area contributed by atoms with Gasteiger partial charge in [0.05, 0.1) is 0 Å². The molecule has 2 bridgehead atoms. The Kier molecular flexibility index (Phi) is 4.10. The first-order valence-corrected chi connectivity index (χ1v) is 11.8. The summed E-state index contributed by atoms with van der Waals surface area (Å²) in [6, 6.07) is 18.2. The number of phenolic OH excluding ortho intramolecular Hbond substituents is 1. The van der Waals surface area contributed by atoms with Crippen molar-refractivity contribution in [3.05, 3.63) is 65.2 Å². The highest BCUT2D eigenvalue weighted by Gasteiger charge is 2.63. The molecule has 2 aromatic carbocycles.